The van der Waals surface area contributed by atoms with E-state index in [4.69, 9.17) is 13.6 Å². The van der Waals surface area contributed by atoms with E-state index in [0.717, 1.165) is 44.9 Å². The summed E-state index contributed by atoms with van der Waals surface area (Å²) in [5, 5.41) is 0. The van der Waals surface area contributed by atoms with Crippen LogP contribution in [0.5, 0.6) is 0 Å². The van der Waals surface area contributed by atoms with Gasteiger partial charge in [0.1, 0.15) is 0 Å². The molecule has 0 heterocycles. The number of phosphoric acid groups is 1. The van der Waals surface area contributed by atoms with Crippen molar-refractivity contribution in [2.45, 2.75) is 44.9 Å². The van der Waals surface area contributed by atoms with Crippen LogP contribution in [0.1, 0.15) is 42.4 Å². The zero-order chi connectivity index (χ0) is 23.0. The van der Waals surface area contributed by atoms with Crippen molar-refractivity contribution in [1.82, 2.24) is 0 Å². The average molecular weight is 467 g/mol. The molecule has 0 unspecified atom stereocenters. The van der Waals surface area contributed by atoms with Crippen molar-refractivity contribution >= 4 is 7.82 Å². The largest absolute Gasteiger partial charge is 0.474 e. The zero-order valence-corrected chi connectivity index (χ0v) is 20.2. The number of benzene rings is 3. The van der Waals surface area contributed by atoms with Crippen molar-refractivity contribution in [2.24, 2.45) is 0 Å². The van der Waals surface area contributed by atoms with Gasteiger partial charge in [-0.25, -0.2) is 4.57 Å². The normalized spacial score (nSPS) is 11.5. The number of unbranched alkanes of at least 4 members (excludes halogenated alkanes) is 1. The molecule has 0 N–H and O–H groups in total. The van der Waals surface area contributed by atoms with Crippen LogP contribution in [0.25, 0.3) is 0 Å². The molecule has 0 amide bonds. The molecule has 0 bridgehead atoms. The Hall–Kier alpha value is -2.23. The van der Waals surface area contributed by atoms with Gasteiger partial charge in [-0.15, -0.1) is 0 Å². The number of aryl methyl sites for hydroxylation is 3. The molecule has 4 nitrogen and oxygen atoms in total. The Morgan fingerprint density at radius 3 is 1.18 bits per heavy atom. The maximum atomic E-state index is 13.2. The van der Waals surface area contributed by atoms with Crippen molar-refractivity contribution < 1.29 is 18.1 Å². The predicted molar refractivity (Wildman–Crippen MR) is 134 cm³/mol. The lowest BCUT2D eigenvalue weighted by Crippen LogP contribution is -2.05. The summed E-state index contributed by atoms with van der Waals surface area (Å²) in [4.78, 5) is 0. The second kappa shape index (κ2) is 14.8. The van der Waals surface area contributed by atoms with E-state index in [1.807, 2.05) is 54.6 Å². The molecule has 0 radical (unpaired) electrons. The van der Waals surface area contributed by atoms with Crippen LogP contribution in [0.4, 0.5) is 0 Å². The lowest BCUT2D eigenvalue weighted by molar-refractivity contribution is 0.110. The molecule has 0 fully saturated rings. The number of phosphoric ester groups is 1. The fraction of sp³-hybridized carbons (Fsp3) is 0.357. The first-order chi connectivity index (χ1) is 16.2. The van der Waals surface area contributed by atoms with E-state index in [9.17, 15) is 4.57 Å². The summed E-state index contributed by atoms with van der Waals surface area (Å²) in [5.74, 6) is 0. The molecule has 33 heavy (non-hydrogen) atoms. The summed E-state index contributed by atoms with van der Waals surface area (Å²) >= 11 is 0. The fourth-order valence-corrected chi connectivity index (χ4v) is 4.84. The van der Waals surface area contributed by atoms with Crippen molar-refractivity contribution in [3.8, 4) is 0 Å². The molecule has 0 aliphatic heterocycles. The van der Waals surface area contributed by atoms with E-state index in [0.29, 0.717) is 19.8 Å². The van der Waals surface area contributed by atoms with Gasteiger partial charge in [-0.3, -0.25) is 13.6 Å². The predicted octanol–water partition coefficient (Wildman–Crippen LogP) is 7.43. The van der Waals surface area contributed by atoms with Crippen LogP contribution in [0.15, 0.2) is 91.0 Å². The van der Waals surface area contributed by atoms with Gasteiger partial charge in [-0.1, -0.05) is 91.0 Å². The van der Waals surface area contributed by atoms with Gasteiger partial charge < -0.3 is 0 Å². The minimum Gasteiger partial charge on any atom is -0.287 e. The quantitative estimate of drug-likeness (QED) is 0.163. The lowest BCUT2D eigenvalue weighted by Gasteiger charge is -2.18. The van der Waals surface area contributed by atoms with Gasteiger partial charge >= 0.3 is 7.82 Å². The molecular formula is C28H35O4P. The Kier molecular flexibility index (Phi) is 11.4. The van der Waals surface area contributed by atoms with Crippen molar-refractivity contribution in [3.63, 3.8) is 0 Å². The van der Waals surface area contributed by atoms with E-state index in [-0.39, 0.29) is 0 Å². The summed E-state index contributed by atoms with van der Waals surface area (Å²) in [5.41, 5.74) is 3.78. The van der Waals surface area contributed by atoms with Crippen LogP contribution < -0.4 is 0 Å². The Labute approximate surface area is 198 Å². The minimum atomic E-state index is -3.57. The highest BCUT2D eigenvalue weighted by Gasteiger charge is 2.26. The highest BCUT2D eigenvalue weighted by atomic mass is 31.2. The SMILES string of the molecule is O=P(OCCCCc1ccccc1)(OCCCc1ccccc1)OCCCc1ccccc1. The van der Waals surface area contributed by atoms with E-state index in [1.54, 1.807) is 0 Å². The molecule has 0 saturated heterocycles. The first-order valence-corrected chi connectivity index (χ1v) is 13.3. The van der Waals surface area contributed by atoms with Crippen LogP contribution in [0.2, 0.25) is 0 Å². The summed E-state index contributed by atoms with van der Waals surface area (Å²) in [7, 11) is -3.57. The molecular weight excluding hydrogens is 431 g/mol. The third-order valence-electron chi connectivity index (χ3n) is 5.36. The van der Waals surface area contributed by atoms with Gasteiger partial charge in [0, 0.05) is 0 Å². The van der Waals surface area contributed by atoms with E-state index < -0.39 is 7.82 Å². The summed E-state index contributed by atoms with van der Waals surface area (Å²) in [6, 6.07) is 30.8. The molecule has 0 aromatic heterocycles. The molecule has 3 aromatic rings. The van der Waals surface area contributed by atoms with Crippen LogP contribution >= 0.6 is 7.82 Å². The van der Waals surface area contributed by atoms with Crippen LogP contribution in [-0.4, -0.2) is 19.8 Å². The Balaban J connectivity index is 1.41. The topological polar surface area (TPSA) is 44.8 Å². The summed E-state index contributed by atoms with van der Waals surface area (Å²) < 4.78 is 30.2. The second-order valence-corrected chi connectivity index (χ2v) is 9.74. The maximum Gasteiger partial charge on any atom is 0.474 e. The van der Waals surface area contributed by atoms with Crippen LogP contribution in [0.3, 0.4) is 0 Å². The molecule has 0 aliphatic rings. The molecule has 176 valence electrons. The molecule has 0 spiro atoms. The number of hydrogen-bond donors (Lipinski definition) is 0. The fourth-order valence-electron chi connectivity index (χ4n) is 3.56. The first kappa shape index (κ1) is 25.4. The molecule has 0 saturated carbocycles. The van der Waals surface area contributed by atoms with Gasteiger partial charge in [0.2, 0.25) is 0 Å². The lowest BCUT2D eigenvalue weighted by atomic mass is 10.1. The van der Waals surface area contributed by atoms with Crippen LogP contribution in [-0.2, 0) is 37.4 Å². The van der Waals surface area contributed by atoms with Crippen molar-refractivity contribution in [1.29, 1.82) is 0 Å². The zero-order valence-electron chi connectivity index (χ0n) is 19.3. The molecule has 0 aliphatic carbocycles. The minimum absolute atomic E-state index is 0.342. The second-order valence-electron chi connectivity index (χ2n) is 8.07. The Morgan fingerprint density at radius 2 is 0.788 bits per heavy atom. The third kappa shape index (κ3) is 10.5. The van der Waals surface area contributed by atoms with Gasteiger partial charge in [-0.2, -0.15) is 0 Å². The van der Waals surface area contributed by atoms with E-state index >= 15 is 0 Å². The molecule has 5 heteroatoms. The highest BCUT2D eigenvalue weighted by molar-refractivity contribution is 7.48. The molecule has 3 rings (SSSR count). The summed E-state index contributed by atoms with van der Waals surface area (Å²) in [6.45, 7) is 1.05. The Morgan fingerprint density at radius 1 is 0.455 bits per heavy atom. The third-order valence-corrected chi connectivity index (χ3v) is 6.85. The van der Waals surface area contributed by atoms with Crippen LogP contribution in [0, 0.1) is 0 Å². The number of hydrogen-bond acceptors (Lipinski definition) is 4. The number of rotatable bonds is 16. The smallest absolute Gasteiger partial charge is 0.287 e. The Bertz CT molecular complexity index is 880. The monoisotopic (exact) mass is 466 g/mol. The standard InChI is InChI=1S/C28H35O4P/c29-33(31-24-12-21-27-16-6-2-7-17-27,32-25-13-22-28-18-8-3-9-19-28)30-23-11-10-20-26-14-4-1-5-15-26/h1-9,14-19H,10-13,20-25H2. The average Bonchev–Trinajstić information content (AvgIpc) is 2.86. The first-order valence-electron chi connectivity index (χ1n) is 11.9. The van der Waals surface area contributed by atoms with Crippen molar-refractivity contribution in [2.75, 3.05) is 19.8 Å². The highest BCUT2D eigenvalue weighted by Crippen LogP contribution is 2.49. The van der Waals surface area contributed by atoms with Crippen molar-refractivity contribution in [3.05, 3.63) is 108 Å². The van der Waals surface area contributed by atoms with E-state index in [1.165, 1.54) is 16.7 Å². The van der Waals surface area contributed by atoms with E-state index in [2.05, 4.69) is 36.4 Å². The maximum absolute atomic E-state index is 13.2. The van der Waals surface area contributed by atoms with Gasteiger partial charge in [0.05, 0.1) is 19.8 Å². The van der Waals surface area contributed by atoms with Gasteiger partial charge in [0.25, 0.3) is 0 Å². The molecule has 0 atom stereocenters. The molecule has 3 aromatic carbocycles. The van der Waals surface area contributed by atoms with Gasteiger partial charge in [0.15, 0.2) is 0 Å². The van der Waals surface area contributed by atoms with Gasteiger partial charge in [-0.05, 0) is 61.6 Å². The summed E-state index contributed by atoms with van der Waals surface area (Å²) in [6.07, 6.45) is 6.01.